The van der Waals surface area contributed by atoms with Crippen molar-refractivity contribution < 1.29 is 4.74 Å². The van der Waals surface area contributed by atoms with Gasteiger partial charge in [0.05, 0.1) is 24.3 Å². The number of anilines is 1. The van der Waals surface area contributed by atoms with Crippen molar-refractivity contribution in [2.24, 2.45) is 0 Å². The smallest absolute Gasteiger partial charge is 0.151 e. The summed E-state index contributed by atoms with van der Waals surface area (Å²) in [6.07, 6.45) is 1.84. The molecule has 0 saturated carbocycles. The Labute approximate surface area is 148 Å². The Balaban J connectivity index is 1.57. The zero-order valence-corrected chi connectivity index (χ0v) is 14.5. The number of nitrogens with zero attached hydrogens (tertiary/aromatic N) is 5. The molecule has 0 amide bonds. The molecule has 0 bridgehead atoms. The van der Waals surface area contributed by atoms with Crippen LogP contribution < -0.4 is 4.90 Å². The summed E-state index contributed by atoms with van der Waals surface area (Å²) in [6.45, 7) is 7.21. The summed E-state index contributed by atoms with van der Waals surface area (Å²) < 4.78 is 5.96. The number of hydrogen-bond acceptors (Lipinski definition) is 6. The topological polar surface area (TPSA) is 65.3 Å². The lowest BCUT2D eigenvalue weighted by atomic mass is 10.1. The third kappa shape index (κ3) is 4.75. The molecule has 1 aliphatic heterocycles. The molecule has 6 nitrogen and oxygen atoms in total. The molecule has 0 radical (unpaired) electrons. The maximum Gasteiger partial charge on any atom is 0.151 e. The largest absolute Gasteiger partial charge is 0.374 e. The lowest BCUT2D eigenvalue weighted by molar-refractivity contribution is -0.0268. The third-order valence-corrected chi connectivity index (χ3v) is 4.40. The minimum absolute atomic E-state index is 0.147. The van der Waals surface area contributed by atoms with Crippen molar-refractivity contribution in [3.63, 3.8) is 0 Å². The van der Waals surface area contributed by atoms with Crippen molar-refractivity contribution in [1.82, 2.24) is 15.1 Å². The predicted molar refractivity (Wildman–Crippen MR) is 96.1 cm³/mol. The number of benzene rings is 1. The van der Waals surface area contributed by atoms with Gasteiger partial charge in [0.2, 0.25) is 0 Å². The molecule has 1 atom stereocenters. The van der Waals surface area contributed by atoms with E-state index in [1.54, 1.807) is 6.20 Å². The summed E-state index contributed by atoms with van der Waals surface area (Å²) in [4.78, 5) is 4.60. The second-order valence-corrected chi connectivity index (χ2v) is 6.16. The van der Waals surface area contributed by atoms with E-state index in [0.717, 1.165) is 45.1 Å². The van der Waals surface area contributed by atoms with Crippen molar-refractivity contribution in [1.29, 1.82) is 5.26 Å². The fourth-order valence-corrected chi connectivity index (χ4v) is 3.07. The van der Waals surface area contributed by atoms with Gasteiger partial charge in [0, 0.05) is 38.9 Å². The van der Waals surface area contributed by atoms with E-state index in [1.807, 2.05) is 36.4 Å². The molecule has 2 aromatic rings. The molecule has 2 heterocycles. The standard InChI is InChI=1S/C19H23N5O/c1-2-24(19-4-3-9-21-22-19)15-18-14-23(10-11-25-18)13-17-7-5-16(12-20)6-8-17/h3-9,18H,2,10-11,13-15H2,1H3/t18-/m0/s1. The van der Waals surface area contributed by atoms with Crippen molar-refractivity contribution >= 4 is 5.82 Å². The van der Waals surface area contributed by atoms with Crippen molar-refractivity contribution in [2.45, 2.75) is 19.6 Å². The number of aromatic nitrogens is 2. The lowest BCUT2D eigenvalue weighted by Crippen LogP contribution is -2.47. The van der Waals surface area contributed by atoms with E-state index < -0.39 is 0 Å². The van der Waals surface area contributed by atoms with Gasteiger partial charge >= 0.3 is 0 Å². The molecule has 0 N–H and O–H groups in total. The zero-order valence-electron chi connectivity index (χ0n) is 14.5. The summed E-state index contributed by atoms with van der Waals surface area (Å²) >= 11 is 0. The van der Waals surface area contributed by atoms with Gasteiger partial charge in [-0.25, -0.2) is 0 Å². The summed E-state index contributed by atoms with van der Waals surface area (Å²) in [7, 11) is 0. The van der Waals surface area contributed by atoms with Gasteiger partial charge in [-0.15, -0.1) is 5.10 Å². The van der Waals surface area contributed by atoms with Crippen LogP contribution in [0.25, 0.3) is 0 Å². The molecule has 1 saturated heterocycles. The first-order valence-corrected chi connectivity index (χ1v) is 8.64. The van der Waals surface area contributed by atoms with E-state index in [4.69, 9.17) is 10.00 Å². The monoisotopic (exact) mass is 337 g/mol. The molecule has 1 fully saturated rings. The quantitative estimate of drug-likeness (QED) is 0.804. The summed E-state index contributed by atoms with van der Waals surface area (Å²) in [6, 6.07) is 13.9. The van der Waals surface area contributed by atoms with Crippen molar-refractivity contribution in [3.8, 4) is 6.07 Å². The number of rotatable bonds is 6. The first kappa shape index (κ1) is 17.3. The summed E-state index contributed by atoms with van der Waals surface area (Å²) in [5, 5.41) is 17.1. The molecular formula is C19H23N5O. The van der Waals surface area contributed by atoms with E-state index >= 15 is 0 Å². The minimum Gasteiger partial charge on any atom is -0.374 e. The van der Waals surface area contributed by atoms with Gasteiger partial charge in [0.25, 0.3) is 0 Å². The molecule has 1 aliphatic rings. The Bertz CT molecular complexity index is 698. The van der Waals surface area contributed by atoms with Gasteiger partial charge in [-0.3, -0.25) is 4.90 Å². The number of morpholine rings is 1. The molecule has 1 aromatic heterocycles. The lowest BCUT2D eigenvalue weighted by Gasteiger charge is -2.35. The highest BCUT2D eigenvalue weighted by molar-refractivity contribution is 5.36. The van der Waals surface area contributed by atoms with Gasteiger partial charge in [-0.2, -0.15) is 10.4 Å². The first-order valence-electron chi connectivity index (χ1n) is 8.64. The Morgan fingerprint density at radius 1 is 1.32 bits per heavy atom. The molecule has 0 unspecified atom stereocenters. The fourth-order valence-electron chi connectivity index (χ4n) is 3.07. The Morgan fingerprint density at radius 2 is 2.16 bits per heavy atom. The van der Waals surface area contributed by atoms with Gasteiger partial charge in [0.15, 0.2) is 5.82 Å². The maximum absolute atomic E-state index is 8.89. The van der Waals surface area contributed by atoms with E-state index in [0.29, 0.717) is 5.56 Å². The second kappa shape index (κ2) is 8.56. The number of nitriles is 1. The average Bonchev–Trinajstić information content (AvgIpc) is 2.68. The van der Waals surface area contributed by atoms with Gasteiger partial charge in [0.1, 0.15) is 0 Å². The molecule has 6 heteroatoms. The van der Waals surface area contributed by atoms with E-state index in [2.05, 4.69) is 33.0 Å². The van der Waals surface area contributed by atoms with Crippen molar-refractivity contribution in [2.75, 3.05) is 37.7 Å². The SMILES string of the molecule is CCN(C[C@@H]1CN(Cc2ccc(C#N)cc2)CCO1)c1cccnn1. The van der Waals surface area contributed by atoms with Crippen LogP contribution in [-0.4, -0.2) is 54.0 Å². The second-order valence-electron chi connectivity index (χ2n) is 6.16. The van der Waals surface area contributed by atoms with Gasteiger partial charge < -0.3 is 9.64 Å². The van der Waals surface area contributed by atoms with E-state index in [-0.39, 0.29) is 6.10 Å². The molecule has 1 aromatic carbocycles. The van der Waals surface area contributed by atoms with Crippen LogP contribution in [0.15, 0.2) is 42.6 Å². The predicted octanol–water partition coefficient (Wildman–Crippen LogP) is 2.08. The van der Waals surface area contributed by atoms with Crippen LogP contribution in [-0.2, 0) is 11.3 Å². The van der Waals surface area contributed by atoms with Gasteiger partial charge in [-0.05, 0) is 36.8 Å². The molecule has 25 heavy (non-hydrogen) atoms. The normalized spacial score (nSPS) is 17.8. The third-order valence-electron chi connectivity index (χ3n) is 4.40. The van der Waals surface area contributed by atoms with Crippen LogP contribution >= 0.6 is 0 Å². The van der Waals surface area contributed by atoms with E-state index in [9.17, 15) is 0 Å². The highest BCUT2D eigenvalue weighted by Gasteiger charge is 2.23. The Hall–Kier alpha value is -2.49. The van der Waals surface area contributed by atoms with Crippen LogP contribution in [0.2, 0.25) is 0 Å². The summed E-state index contributed by atoms with van der Waals surface area (Å²) in [5.41, 5.74) is 1.92. The van der Waals surface area contributed by atoms with Crippen LogP contribution in [0.4, 0.5) is 5.82 Å². The van der Waals surface area contributed by atoms with Crippen LogP contribution in [0.5, 0.6) is 0 Å². The van der Waals surface area contributed by atoms with Crippen LogP contribution in [0.1, 0.15) is 18.1 Å². The highest BCUT2D eigenvalue weighted by Crippen LogP contribution is 2.15. The number of likely N-dealkylation sites (N-methyl/N-ethyl adjacent to an activating group) is 1. The fraction of sp³-hybridized carbons (Fsp3) is 0.421. The van der Waals surface area contributed by atoms with Crippen molar-refractivity contribution in [3.05, 3.63) is 53.7 Å². The molecule has 0 spiro atoms. The maximum atomic E-state index is 8.89. The van der Waals surface area contributed by atoms with Gasteiger partial charge in [-0.1, -0.05) is 12.1 Å². The zero-order chi connectivity index (χ0) is 17.5. The summed E-state index contributed by atoms with van der Waals surface area (Å²) in [5.74, 6) is 0.887. The minimum atomic E-state index is 0.147. The number of hydrogen-bond donors (Lipinski definition) is 0. The number of ether oxygens (including phenoxy) is 1. The molecule has 130 valence electrons. The highest BCUT2D eigenvalue weighted by atomic mass is 16.5. The first-order chi connectivity index (χ1) is 12.3. The Morgan fingerprint density at radius 3 is 2.84 bits per heavy atom. The van der Waals surface area contributed by atoms with Crippen LogP contribution in [0, 0.1) is 11.3 Å². The molecule has 0 aliphatic carbocycles. The average molecular weight is 337 g/mol. The molecule has 3 rings (SSSR count). The van der Waals surface area contributed by atoms with E-state index in [1.165, 1.54) is 5.56 Å². The molecular weight excluding hydrogens is 314 g/mol. The van der Waals surface area contributed by atoms with Crippen LogP contribution in [0.3, 0.4) is 0 Å². The Kier molecular flexibility index (Phi) is 5.94.